The quantitative estimate of drug-likeness (QED) is 0.801. The van der Waals surface area contributed by atoms with Crippen molar-refractivity contribution in [1.82, 2.24) is 29.5 Å². The van der Waals surface area contributed by atoms with Gasteiger partial charge in [-0.2, -0.15) is 0 Å². The standard InChI is InChI=1S/C13H19N6OP/c1-2-9-17(8-1)21(18-10-3-4-11-18)20-19-13-12(15-16-19)6-5-7-14-13/h5-7H,1-4,8-11H2. The first kappa shape index (κ1) is 13.4. The van der Waals surface area contributed by atoms with E-state index >= 15 is 0 Å². The molecule has 2 aliphatic rings. The Kier molecular flexibility index (Phi) is 3.71. The Hall–Kier alpha value is -1.30. The van der Waals surface area contributed by atoms with Crippen LogP contribution in [0.1, 0.15) is 25.7 Å². The first-order chi connectivity index (χ1) is 10.4. The minimum absolute atomic E-state index is 0.698. The molecule has 8 heteroatoms. The minimum Gasteiger partial charge on any atom is -0.340 e. The van der Waals surface area contributed by atoms with Crippen molar-refractivity contribution in [2.24, 2.45) is 0 Å². The third-order valence-corrected chi connectivity index (χ3v) is 6.05. The van der Waals surface area contributed by atoms with Crippen LogP contribution in [0.5, 0.6) is 0 Å². The van der Waals surface area contributed by atoms with Gasteiger partial charge in [-0.25, -0.2) is 14.3 Å². The summed E-state index contributed by atoms with van der Waals surface area (Å²) >= 11 is 0. The second-order valence-electron chi connectivity index (χ2n) is 5.46. The van der Waals surface area contributed by atoms with Crippen LogP contribution >= 0.6 is 8.45 Å². The molecule has 0 aromatic carbocycles. The summed E-state index contributed by atoms with van der Waals surface area (Å²) in [4.78, 5) is 5.85. The highest BCUT2D eigenvalue weighted by Gasteiger charge is 2.33. The third-order valence-electron chi connectivity index (χ3n) is 3.98. The SMILES string of the molecule is c1cnc2c(c1)nnn2OP(N1CCCC1)N1CCCC1. The van der Waals surface area contributed by atoms with Gasteiger partial charge in [-0.15, -0.1) is 5.10 Å². The summed E-state index contributed by atoms with van der Waals surface area (Å²) in [6.07, 6.45) is 6.77. The van der Waals surface area contributed by atoms with E-state index in [1.165, 1.54) is 30.5 Å². The molecule has 0 unspecified atom stereocenters. The molecule has 2 aromatic heterocycles. The zero-order valence-corrected chi connectivity index (χ0v) is 12.8. The van der Waals surface area contributed by atoms with Gasteiger partial charge in [0.15, 0.2) is 0 Å². The molecule has 4 heterocycles. The van der Waals surface area contributed by atoms with E-state index in [0.717, 1.165) is 31.7 Å². The van der Waals surface area contributed by atoms with Gasteiger partial charge >= 0.3 is 0 Å². The molecule has 2 aliphatic heterocycles. The largest absolute Gasteiger partial charge is 0.340 e. The third kappa shape index (κ3) is 2.61. The van der Waals surface area contributed by atoms with Crippen molar-refractivity contribution in [2.45, 2.75) is 25.7 Å². The van der Waals surface area contributed by atoms with Gasteiger partial charge in [0, 0.05) is 32.4 Å². The van der Waals surface area contributed by atoms with Crippen molar-refractivity contribution in [3.8, 4) is 0 Å². The van der Waals surface area contributed by atoms with Gasteiger partial charge in [0.2, 0.25) is 5.65 Å². The predicted octanol–water partition coefficient (Wildman–Crippen LogP) is 1.67. The van der Waals surface area contributed by atoms with Crippen LogP contribution in [-0.2, 0) is 0 Å². The van der Waals surface area contributed by atoms with Crippen LogP contribution in [-0.4, -0.2) is 55.7 Å². The van der Waals surface area contributed by atoms with Crippen molar-refractivity contribution in [3.63, 3.8) is 0 Å². The molecule has 2 fully saturated rings. The molecule has 2 aromatic rings. The monoisotopic (exact) mass is 306 g/mol. The lowest BCUT2D eigenvalue weighted by Crippen LogP contribution is -2.31. The van der Waals surface area contributed by atoms with Crippen molar-refractivity contribution < 1.29 is 4.62 Å². The second-order valence-corrected chi connectivity index (χ2v) is 7.26. The average molecular weight is 306 g/mol. The average Bonchev–Trinajstić information content (AvgIpc) is 3.26. The van der Waals surface area contributed by atoms with E-state index in [9.17, 15) is 0 Å². The van der Waals surface area contributed by atoms with Gasteiger partial charge in [-0.3, -0.25) is 0 Å². The molecule has 0 saturated carbocycles. The van der Waals surface area contributed by atoms with E-state index in [1.807, 2.05) is 12.1 Å². The van der Waals surface area contributed by atoms with Crippen LogP contribution in [0.2, 0.25) is 0 Å². The van der Waals surface area contributed by atoms with E-state index in [1.54, 1.807) is 6.20 Å². The molecule has 21 heavy (non-hydrogen) atoms. The molecule has 0 amide bonds. The Bertz CT molecular complexity index is 591. The van der Waals surface area contributed by atoms with Gasteiger partial charge in [-0.05, 0) is 43.0 Å². The maximum atomic E-state index is 6.23. The normalized spacial score (nSPS) is 20.8. The number of hydrogen-bond acceptors (Lipinski definition) is 6. The molecule has 0 spiro atoms. The lowest BCUT2D eigenvalue weighted by atomic mass is 10.4. The Balaban J connectivity index is 1.61. The predicted molar refractivity (Wildman–Crippen MR) is 80.4 cm³/mol. The van der Waals surface area contributed by atoms with Crippen LogP contribution < -0.4 is 4.62 Å². The van der Waals surface area contributed by atoms with Gasteiger partial charge < -0.3 is 4.62 Å². The zero-order chi connectivity index (χ0) is 14.1. The molecule has 2 saturated heterocycles. The second kappa shape index (κ2) is 5.83. The fourth-order valence-electron chi connectivity index (χ4n) is 2.89. The maximum absolute atomic E-state index is 6.23. The topological polar surface area (TPSA) is 59.3 Å². The molecule has 112 valence electrons. The first-order valence-corrected chi connectivity index (χ1v) is 8.73. The van der Waals surface area contributed by atoms with E-state index in [-0.39, 0.29) is 0 Å². The van der Waals surface area contributed by atoms with Crippen LogP contribution in [0, 0.1) is 0 Å². The molecular weight excluding hydrogens is 287 g/mol. The molecule has 4 rings (SSSR count). The highest BCUT2D eigenvalue weighted by Crippen LogP contribution is 2.46. The smallest absolute Gasteiger partial charge is 0.278 e. The summed E-state index contributed by atoms with van der Waals surface area (Å²) in [5, 5.41) is 8.25. The maximum Gasteiger partial charge on any atom is 0.278 e. The zero-order valence-electron chi connectivity index (χ0n) is 11.9. The van der Waals surface area contributed by atoms with Crippen molar-refractivity contribution in [3.05, 3.63) is 18.3 Å². The van der Waals surface area contributed by atoms with E-state index in [2.05, 4.69) is 24.6 Å². The number of hydrogen-bond donors (Lipinski definition) is 0. The van der Waals surface area contributed by atoms with E-state index in [0.29, 0.717) is 5.65 Å². The molecule has 0 atom stereocenters. The number of fused-ring (bicyclic) bond motifs is 1. The van der Waals surface area contributed by atoms with E-state index < -0.39 is 8.45 Å². The number of aromatic nitrogens is 4. The summed E-state index contributed by atoms with van der Waals surface area (Å²) in [5.41, 5.74) is 1.47. The van der Waals surface area contributed by atoms with Crippen LogP contribution in [0.15, 0.2) is 18.3 Å². The van der Waals surface area contributed by atoms with Crippen LogP contribution in [0.25, 0.3) is 11.2 Å². The molecule has 0 bridgehead atoms. The lowest BCUT2D eigenvalue weighted by molar-refractivity contribution is 0.217. The van der Waals surface area contributed by atoms with Crippen molar-refractivity contribution >= 4 is 19.6 Å². The van der Waals surface area contributed by atoms with Gasteiger partial charge in [-0.1, -0.05) is 4.85 Å². The fraction of sp³-hybridized carbons (Fsp3) is 0.615. The number of pyridine rings is 1. The Morgan fingerprint density at radius 3 is 2.33 bits per heavy atom. The van der Waals surface area contributed by atoms with Crippen LogP contribution in [0.3, 0.4) is 0 Å². The van der Waals surface area contributed by atoms with Crippen molar-refractivity contribution in [2.75, 3.05) is 26.2 Å². The number of rotatable bonds is 4. The summed E-state index contributed by atoms with van der Waals surface area (Å²) in [5.74, 6) is 0. The van der Waals surface area contributed by atoms with Gasteiger partial charge in [0.1, 0.15) is 5.52 Å². The van der Waals surface area contributed by atoms with Gasteiger partial charge in [0.25, 0.3) is 8.45 Å². The van der Waals surface area contributed by atoms with Gasteiger partial charge in [0.05, 0.1) is 0 Å². The molecular formula is C13H19N6OP. The number of nitrogens with zero attached hydrogens (tertiary/aromatic N) is 6. The fourth-order valence-corrected chi connectivity index (χ4v) is 4.96. The van der Waals surface area contributed by atoms with Crippen molar-refractivity contribution in [1.29, 1.82) is 0 Å². The minimum atomic E-state index is -0.800. The molecule has 7 nitrogen and oxygen atoms in total. The highest BCUT2D eigenvalue weighted by atomic mass is 31.2. The molecule has 0 radical (unpaired) electrons. The Morgan fingerprint density at radius 1 is 1.00 bits per heavy atom. The van der Waals surface area contributed by atoms with Crippen LogP contribution in [0.4, 0.5) is 0 Å². The first-order valence-electron chi connectivity index (χ1n) is 7.56. The Labute approximate surface area is 124 Å². The summed E-state index contributed by atoms with van der Waals surface area (Å²) in [7, 11) is -0.800. The van der Waals surface area contributed by atoms with E-state index in [4.69, 9.17) is 4.62 Å². The molecule has 0 N–H and O–H groups in total. The molecule has 0 aliphatic carbocycles. The summed E-state index contributed by atoms with van der Waals surface area (Å²) in [6.45, 7) is 4.45. The highest BCUT2D eigenvalue weighted by molar-refractivity contribution is 7.47. The Morgan fingerprint density at radius 2 is 1.67 bits per heavy atom. The summed E-state index contributed by atoms with van der Waals surface area (Å²) in [6, 6.07) is 3.77. The lowest BCUT2D eigenvalue weighted by Gasteiger charge is -2.31. The summed E-state index contributed by atoms with van der Waals surface area (Å²) < 4.78 is 11.1.